The van der Waals surface area contributed by atoms with Crippen LogP contribution in [-0.2, 0) is 11.2 Å². The number of fused-ring (bicyclic) bond motifs is 1. The maximum atomic E-state index is 10.2. The quantitative estimate of drug-likeness (QED) is 0.730. The van der Waals surface area contributed by atoms with Crippen LogP contribution in [0.4, 0.5) is 0 Å². The maximum absolute atomic E-state index is 10.2. The Morgan fingerprint density at radius 1 is 1.27 bits per heavy atom. The minimum Gasteiger partial charge on any atom is -0.504 e. The topological polar surface area (TPSA) is 88.1 Å². The van der Waals surface area contributed by atoms with E-state index in [1.807, 2.05) is 24.3 Å². The van der Waals surface area contributed by atoms with Crippen LogP contribution in [0.5, 0.6) is 11.5 Å². The van der Waals surface area contributed by atoms with Crippen LogP contribution in [0.25, 0.3) is 0 Å². The van der Waals surface area contributed by atoms with Crippen molar-refractivity contribution >= 4 is 6.21 Å². The van der Waals surface area contributed by atoms with Crippen molar-refractivity contribution in [3.8, 4) is 11.5 Å². The second-order valence-corrected chi connectivity index (χ2v) is 5.22. The number of nitrogens with zero attached hydrogens (tertiary/aromatic N) is 1. The summed E-state index contributed by atoms with van der Waals surface area (Å²) in [5.74, 6) is -0.207. The van der Waals surface area contributed by atoms with Gasteiger partial charge in [0, 0.05) is 30.9 Å². The number of benzene rings is 1. The van der Waals surface area contributed by atoms with Gasteiger partial charge in [-0.05, 0) is 29.4 Å². The van der Waals surface area contributed by atoms with Gasteiger partial charge >= 0.3 is 0 Å². The molecule has 2 unspecified atom stereocenters. The van der Waals surface area contributed by atoms with Gasteiger partial charge in [-0.1, -0.05) is 18.2 Å². The van der Waals surface area contributed by atoms with Gasteiger partial charge in [0.25, 0.3) is 0 Å². The van der Waals surface area contributed by atoms with E-state index in [4.69, 9.17) is 10.5 Å². The molecule has 22 heavy (non-hydrogen) atoms. The largest absolute Gasteiger partial charge is 0.504 e. The number of phenolic OH excluding ortho intramolecular Hbond substituents is 2. The molecular formula is C17H18N2O3. The van der Waals surface area contributed by atoms with Crippen molar-refractivity contribution < 1.29 is 14.9 Å². The molecule has 2 aliphatic rings. The molecule has 0 amide bonds. The minimum absolute atomic E-state index is 0.0863. The van der Waals surface area contributed by atoms with Crippen LogP contribution in [0.3, 0.4) is 0 Å². The van der Waals surface area contributed by atoms with Gasteiger partial charge in [0.15, 0.2) is 11.5 Å². The number of aliphatic imine (C=N–C) groups is 1. The highest BCUT2D eigenvalue weighted by Crippen LogP contribution is 2.41. The highest BCUT2D eigenvalue weighted by atomic mass is 16.5. The van der Waals surface area contributed by atoms with Crippen molar-refractivity contribution in [3.05, 3.63) is 59.3 Å². The van der Waals surface area contributed by atoms with Gasteiger partial charge in [-0.2, -0.15) is 0 Å². The fourth-order valence-corrected chi connectivity index (χ4v) is 2.77. The highest BCUT2D eigenvalue weighted by Gasteiger charge is 2.31. The molecule has 0 spiro atoms. The monoisotopic (exact) mass is 298 g/mol. The van der Waals surface area contributed by atoms with E-state index in [1.165, 1.54) is 6.07 Å². The number of rotatable bonds is 2. The Morgan fingerprint density at radius 2 is 2.14 bits per heavy atom. The lowest BCUT2D eigenvalue weighted by Gasteiger charge is -2.33. The highest BCUT2D eigenvalue weighted by molar-refractivity contribution is 5.73. The predicted octanol–water partition coefficient (Wildman–Crippen LogP) is 2.12. The molecule has 0 aliphatic carbocycles. The van der Waals surface area contributed by atoms with Gasteiger partial charge in [-0.15, -0.1) is 0 Å². The number of hydrogen-bond donors (Lipinski definition) is 3. The lowest BCUT2D eigenvalue weighted by Crippen LogP contribution is -2.31. The Kier molecular flexibility index (Phi) is 4.09. The first-order chi connectivity index (χ1) is 10.7. The van der Waals surface area contributed by atoms with Crippen molar-refractivity contribution in [1.82, 2.24) is 0 Å². The molecule has 114 valence electrons. The van der Waals surface area contributed by atoms with Crippen molar-refractivity contribution in [2.75, 3.05) is 6.54 Å². The lowest BCUT2D eigenvalue weighted by atomic mass is 9.89. The summed E-state index contributed by atoms with van der Waals surface area (Å²) in [5.41, 5.74) is 8.31. The first kappa shape index (κ1) is 14.6. The van der Waals surface area contributed by atoms with Gasteiger partial charge in [0.1, 0.15) is 0 Å². The summed E-state index contributed by atoms with van der Waals surface area (Å²) in [6, 6.07) is 3.22. The summed E-state index contributed by atoms with van der Waals surface area (Å²) in [4.78, 5) is 4.03. The third-order valence-electron chi connectivity index (χ3n) is 3.87. The van der Waals surface area contributed by atoms with E-state index in [0.29, 0.717) is 18.5 Å². The molecule has 0 radical (unpaired) electrons. The number of allylic oxidation sites excluding steroid dienone is 3. The second kappa shape index (κ2) is 6.17. The zero-order valence-electron chi connectivity index (χ0n) is 12.0. The predicted molar refractivity (Wildman–Crippen MR) is 85.0 cm³/mol. The zero-order chi connectivity index (χ0) is 15.5. The number of phenols is 2. The van der Waals surface area contributed by atoms with E-state index in [1.54, 1.807) is 18.5 Å². The van der Waals surface area contributed by atoms with E-state index >= 15 is 0 Å². The normalized spacial score (nSPS) is 30.3. The summed E-state index contributed by atoms with van der Waals surface area (Å²) in [7, 11) is 0. The first-order valence-electron chi connectivity index (χ1n) is 7.16. The molecule has 0 saturated heterocycles. The molecule has 0 aromatic heterocycles. The molecule has 1 aromatic carbocycles. The lowest BCUT2D eigenvalue weighted by molar-refractivity contribution is 0.000290. The molecule has 0 bridgehead atoms. The Morgan fingerprint density at radius 3 is 2.95 bits per heavy atom. The van der Waals surface area contributed by atoms with Gasteiger partial charge < -0.3 is 20.7 Å². The fourth-order valence-electron chi connectivity index (χ4n) is 2.77. The van der Waals surface area contributed by atoms with Gasteiger partial charge in [0.05, 0.1) is 12.2 Å². The van der Waals surface area contributed by atoms with Crippen LogP contribution < -0.4 is 5.73 Å². The van der Waals surface area contributed by atoms with Crippen molar-refractivity contribution in [1.29, 1.82) is 0 Å². The van der Waals surface area contributed by atoms with Crippen LogP contribution in [0.15, 0.2) is 53.2 Å². The van der Waals surface area contributed by atoms with Crippen LogP contribution in [-0.4, -0.2) is 29.1 Å². The summed E-state index contributed by atoms with van der Waals surface area (Å²) >= 11 is 0. The van der Waals surface area contributed by atoms with Crippen LogP contribution in [0.2, 0.25) is 0 Å². The Hall–Kier alpha value is -2.37. The molecule has 2 aliphatic heterocycles. The van der Waals surface area contributed by atoms with E-state index in [2.05, 4.69) is 4.99 Å². The zero-order valence-corrected chi connectivity index (χ0v) is 12.0. The number of aromatic hydroxyl groups is 2. The molecule has 2 heterocycles. The third kappa shape index (κ3) is 2.68. The van der Waals surface area contributed by atoms with Gasteiger partial charge in [-0.25, -0.2) is 0 Å². The van der Waals surface area contributed by atoms with E-state index in [-0.39, 0.29) is 23.7 Å². The van der Waals surface area contributed by atoms with Crippen molar-refractivity contribution in [3.63, 3.8) is 0 Å². The SMILES string of the molecule is NCC1OC(C2=C/C=C\N=C/C=C\2)Cc2c1ccc(O)c2O. The molecule has 1 aromatic rings. The molecule has 3 rings (SSSR count). The first-order valence-corrected chi connectivity index (χ1v) is 7.16. The minimum atomic E-state index is -0.308. The molecule has 4 N–H and O–H groups in total. The van der Waals surface area contributed by atoms with E-state index in [9.17, 15) is 10.2 Å². The Balaban J connectivity index is 1.98. The molecule has 0 fully saturated rings. The van der Waals surface area contributed by atoms with E-state index in [0.717, 1.165) is 11.1 Å². The molecule has 5 nitrogen and oxygen atoms in total. The molecule has 5 heteroatoms. The molecule has 2 atom stereocenters. The van der Waals surface area contributed by atoms with Gasteiger partial charge in [-0.3, -0.25) is 4.99 Å². The molecular weight excluding hydrogens is 280 g/mol. The number of hydrogen-bond acceptors (Lipinski definition) is 5. The maximum Gasteiger partial charge on any atom is 0.161 e. The van der Waals surface area contributed by atoms with Crippen molar-refractivity contribution in [2.45, 2.75) is 18.6 Å². The average Bonchev–Trinajstić information content (AvgIpc) is 2.50. The summed E-state index contributed by atoms with van der Waals surface area (Å²) in [5, 5.41) is 19.9. The Labute approximate surface area is 128 Å². The number of nitrogens with two attached hydrogens (primary N) is 1. The Bertz CT molecular complexity index is 689. The fraction of sp³-hybridized carbons (Fsp3) is 0.235. The summed E-state index contributed by atoms with van der Waals surface area (Å²) in [6.45, 7) is 0.308. The standard InChI is InChI=1S/C17H18N2O3/c18-10-16-12-5-6-14(20)17(21)13(12)9-15(22-16)11-3-1-7-19-8-2-4-11/h1-8,15-16,20-21H,9-10,18H2/b3-1-,4-2?,7-1?,8-2-,11-3?,11-4+,19-7-,19-8?. The molecule has 0 saturated carbocycles. The smallest absolute Gasteiger partial charge is 0.161 e. The van der Waals surface area contributed by atoms with Crippen molar-refractivity contribution in [2.24, 2.45) is 10.7 Å². The van der Waals surface area contributed by atoms with Crippen LogP contribution in [0, 0.1) is 0 Å². The summed E-state index contributed by atoms with van der Waals surface area (Å²) < 4.78 is 6.08. The van der Waals surface area contributed by atoms with Crippen LogP contribution >= 0.6 is 0 Å². The van der Waals surface area contributed by atoms with Gasteiger partial charge in [0.2, 0.25) is 0 Å². The average molecular weight is 298 g/mol. The second-order valence-electron chi connectivity index (χ2n) is 5.22. The number of ether oxygens (including phenoxy) is 1. The van der Waals surface area contributed by atoms with Crippen LogP contribution in [0.1, 0.15) is 17.2 Å². The summed E-state index contributed by atoms with van der Waals surface area (Å²) in [6.07, 6.45) is 10.9. The van der Waals surface area contributed by atoms with E-state index < -0.39 is 0 Å². The third-order valence-corrected chi connectivity index (χ3v) is 3.87.